The van der Waals surface area contributed by atoms with Gasteiger partial charge in [0.05, 0.1) is 4.90 Å². The molecule has 5 heteroatoms. The highest BCUT2D eigenvalue weighted by molar-refractivity contribution is 7.86. The van der Waals surface area contributed by atoms with Gasteiger partial charge in [0.1, 0.15) is 0 Å². The summed E-state index contributed by atoms with van der Waals surface area (Å²) in [6.07, 6.45) is 0.0595. The van der Waals surface area contributed by atoms with Crippen molar-refractivity contribution >= 4 is 10.1 Å². The van der Waals surface area contributed by atoms with E-state index in [1.165, 1.54) is 18.2 Å². The molecule has 1 aromatic carbocycles. The van der Waals surface area contributed by atoms with Crippen molar-refractivity contribution in [1.82, 2.24) is 0 Å². The number of aliphatic hydroxyl groups is 1. The molecule has 0 aliphatic heterocycles. The highest BCUT2D eigenvalue weighted by Crippen LogP contribution is 2.15. The van der Waals surface area contributed by atoms with Crippen LogP contribution in [-0.2, 0) is 14.3 Å². The van der Waals surface area contributed by atoms with Crippen molar-refractivity contribution in [2.45, 2.75) is 24.5 Å². The second-order valence-corrected chi connectivity index (χ2v) is 4.91. The number of hydrogen-bond acceptors (Lipinski definition) is 4. The SMILES string of the molecule is C=CCC(O)OS(=O)(=O)c1ccc(C)cc1. The minimum Gasteiger partial charge on any atom is -0.367 e. The molecule has 1 atom stereocenters. The molecule has 0 heterocycles. The first-order valence-corrected chi connectivity index (χ1v) is 6.15. The molecular formula is C11H14O4S. The van der Waals surface area contributed by atoms with Crippen molar-refractivity contribution in [3.63, 3.8) is 0 Å². The summed E-state index contributed by atoms with van der Waals surface area (Å²) >= 11 is 0. The average Bonchev–Trinajstić information content (AvgIpc) is 2.17. The summed E-state index contributed by atoms with van der Waals surface area (Å²) in [4.78, 5) is 0.0289. The fraction of sp³-hybridized carbons (Fsp3) is 0.273. The monoisotopic (exact) mass is 242 g/mol. The third-order valence-electron chi connectivity index (χ3n) is 1.92. The van der Waals surface area contributed by atoms with Crippen LogP contribution in [0.25, 0.3) is 0 Å². The molecule has 1 aromatic rings. The van der Waals surface area contributed by atoms with Gasteiger partial charge in [0.25, 0.3) is 10.1 Å². The predicted octanol–water partition coefficient (Wildman–Crippen LogP) is 1.59. The molecule has 88 valence electrons. The van der Waals surface area contributed by atoms with E-state index in [1.807, 2.05) is 6.92 Å². The van der Waals surface area contributed by atoms with Gasteiger partial charge in [-0.2, -0.15) is 8.42 Å². The van der Waals surface area contributed by atoms with Gasteiger partial charge in [-0.1, -0.05) is 23.8 Å². The number of aryl methyl sites for hydroxylation is 1. The fourth-order valence-corrected chi connectivity index (χ4v) is 2.04. The largest absolute Gasteiger partial charge is 0.367 e. The van der Waals surface area contributed by atoms with Gasteiger partial charge < -0.3 is 5.11 Å². The van der Waals surface area contributed by atoms with Crippen LogP contribution in [0, 0.1) is 6.92 Å². The molecule has 0 saturated heterocycles. The first-order chi connectivity index (χ1) is 7.45. The van der Waals surface area contributed by atoms with E-state index in [2.05, 4.69) is 10.8 Å². The third kappa shape index (κ3) is 3.44. The lowest BCUT2D eigenvalue weighted by molar-refractivity contribution is -0.00813. The molecule has 0 radical (unpaired) electrons. The highest BCUT2D eigenvalue weighted by Gasteiger charge is 2.18. The van der Waals surface area contributed by atoms with Crippen LogP contribution in [-0.4, -0.2) is 19.8 Å². The van der Waals surface area contributed by atoms with Crippen molar-refractivity contribution in [3.05, 3.63) is 42.5 Å². The Morgan fingerprint density at radius 1 is 1.44 bits per heavy atom. The maximum Gasteiger partial charge on any atom is 0.299 e. The van der Waals surface area contributed by atoms with Crippen molar-refractivity contribution < 1.29 is 17.7 Å². The Kier molecular flexibility index (Phi) is 4.23. The van der Waals surface area contributed by atoms with Gasteiger partial charge in [0.2, 0.25) is 0 Å². The summed E-state index contributed by atoms with van der Waals surface area (Å²) in [7, 11) is -3.90. The second-order valence-electron chi connectivity index (χ2n) is 3.34. The van der Waals surface area contributed by atoms with E-state index in [-0.39, 0.29) is 11.3 Å². The van der Waals surface area contributed by atoms with Gasteiger partial charge in [-0.25, -0.2) is 4.18 Å². The zero-order valence-corrected chi connectivity index (χ0v) is 9.78. The molecular weight excluding hydrogens is 228 g/mol. The quantitative estimate of drug-likeness (QED) is 0.484. The third-order valence-corrected chi connectivity index (χ3v) is 3.24. The highest BCUT2D eigenvalue weighted by atomic mass is 32.2. The minimum absolute atomic E-state index is 0.0289. The van der Waals surface area contributed by atoms with Crippen LogP contribution in [0.15, 0.2) is 41.8 Å². The molecule has 0 fully saturated rings. The van der Waals surface area contributed by atoms with Crippen LogP contribution in [0.4, 0.5) is 0 Å². The molecule has 0 saturated carbocycles. The van der Waals surface area contributed by atoms with E-state index < -0.39 is 16.4 Å². The fourth-order valence-electron chi connectivity index (χ4n) is 1.09. The number of benzene rings is 1. The maximum absolute atomic E-state index is 11.6. The molecule has 1 rings (SSSR count). The minimum atomic E-state index is -3.90. The molecule has 0 aromatic heterocycles. The summed E-state index contributed by atoms with van der Waals surface area (Å²) in [6, 6.07) is 6.20. The Bertz CT molecular complexity index is 447. The number of rotatable bonds is 5. The Morgan fingerprint density at radius 2 is 2.00 bits per heavy atom. The molecule has 0 spiro atoms. The van der Waals surface area contributed by atoms with Gasteiger partial charge >= 0.3 is 0 Å². The molecule has 0 aliphatic rings. The molecule has 0 aliphatic carbocycles. The van der Waals surface area contributed by atoms with E-state index >= 15 is 0 Å². The molecule has 1 N–H and O–H groups in total. The Hall–Kier alpha value is -1.17. The average molecular weight is 242 g/mol. The zero-order valence-electron chi connectivity index (χ0n) is 8.96. The number of aliphatic hydroxyl groups excluding tert-OH is 1. The van der Waals surface area contributed by atoms with E-state index in [1.54, 1.807) is 12.1 Å². The maximum atomic E-state index is 11.6. The van der Waals surface area contributed by atoms with Crippen molar-refractivity contribution in [2.75, 3.05) is 0 Å². The predicted molar refractivity (Wildman–Crippen MR) is 60.3 cm³/mol. The summed E-state index contributed by atoms with van der Waals surface area (Å²) in [6.45, 7) is 5.23. The molecule has 1 unspecified atom stereocenters. The van der Waals surface area contributed by atoms with Crippen molar-refractivity contribution in [2.24, 2.45) is 0 Å². The lowest BCUT2D eigenvalue weighted by Crippen LogP contribution is -2.17. The summed E-state index contributed by atoms with van der Waals surface area (Å²) in [5.41, 5.74) is 0.950. The Balaban J connectivity index is 2.85. The first-order valence-electron chi connectivity index (χ1n) is 4.74. The van der Waals surface area contributed by atoms with Crippen LogP contribution in [0.1, 0.15) is 12.0 Å². The lowest BCUT2D eigenvalue weighted by Gasteiger charge is -2.10. The van der Waals surface area contributed by atoms with Gasteiger partial charge in [-0.15, -0.1) is 6.58 Å². The van der Waals surface area contributed by atoms with Crippen LogP contribution >= 0.6 is 0 Å². The molecule has 16 heavy (non-hydrogen) atoms. The zero-order chi connectivity index (χ0) is 12.2. The Labute approximate surface area is 95.3 Å². The summed E-state index contributed by atoms with van der Waals surface area (Å²) in [5.74, 6) is 0. The van der Waals surface area contributed by atoms with Crippen molar-refractivity contribution in [3.8, 4) is 0 Å². The van der Waals surface area contributed by atoms with Gasteiger partial charge in [0, 0.05) is 6.42 Å². The second kappa shape index (κ2) is 5.25. The lowest BCUT2D eigenvalue weighted by atomic mass is 10.2. The normalized spacial score (nSPS) is 13.4. The van der Waals surface area contributed by atoms with Gasteiger partial charge in [-0.05, 0) is 19.1 Å². The van der Waals surface area contributed by atoms with E-state index in [0.29, 0.717) is 0 Å². The van der Waals surface area contributed by atoms with E-state index in [4.69, 9.17) is 0 Å². The standard InChI is InChI=1S/C11H14O4S/c1-3-4-11(12)15-16(13,14)10-7-5-9(2)6-8-10/h3,5-8,11-12H,1,4H2,2H3. The first kappa shape index (κ1) is 12.9. The van der Waals surface area contributed by atoms with Gasteiger partial charge in [0.15, 0.2) is 6.29 Å². The molecule has 0 amide bonds. The van der Waals surface area contributed by atoms with Crippen LogP contribution in [0.2, 0.25) is 0 Å². The van der Waals surface area contributed by atoms with Gasteiger partial charge in [-0.3, -0.25) is 0 Å². The summed E-state index contributed by atoms with van der Waals surface area (Å²) < 4.78 is 27.8. The van der Waals surface area contributed by atoms with Crippen LogP contribution < -0.4 is 0 Å². The van der Waals surface area contributed by atoms with E-state index in [9.17, 15) is 13.5 Å². The van der Waals surface area contributed by atoms with Crippen molar-refractivity contribution in [1.29, 1.82) is 0 Å². The molecule has 0 bridgehead atoms. The van der Waals surface area contributed by atoms with E-state index in [0.717, 1.165) is 5.56 Å². The van der Waals surface area contributed by atoms with Crippen LogP contribution in [0.5, 0.6) is 0 Å². The smallest absolute Gasteiger partial charge is 0.299 e. The van der Waals surface area contributed by atoms with Crippen LogP contribution in [0.3, 0.4) is 0 Å². The topological polar surface area (TPSA) is 63.6 Å². The number of hydrogen-bond donors (Lipinski definition) is 1. The Morgan fingerprint density at radius 3 is 2.50 bits per heavy atom. The summed E-state index contributed by atoms with van der Waals surface area (Å²) in [5, 5.41) is 9.23. The molecule has 4 nitrogen and oxygen atoms in total.